The highest BCUT2D eigenvalue weighted by molar-refractivity contribution is 6.30. The lowest BCUT2D eigenvalue weighted by Crippen LogP contribution is -2.46. The van der Waals surface area contributed by atoms with Crippen LogP contribution in [0, 0.1) is 0 Å². The fourth-order valence-corrected chi connectivity index (χ4v) is 2.50. The molecular weight excluding hydrogens is 350 g/mol. The summed E-state index contributed by atoms with van der Waals surface area (Å²) in [6, 6.07) is 16.7. The van der Waals surface area contributed by atoms with Crippen LogP contribution in [0.4, 0.5) is 0 Å². The topological polar surface area (TPSA) is 67.9 Å². The Balaban J connectivity index is 2.00. The van der Waals surface area contributed by atoms with Crippen LogP contribution in [0.5, 0.6) is 0 Å². The first kappa shape index (κ1) is 19.8. The fraction of sp³-hybridized carbons (Fsp3) is 0.300. The predicted molar refractivity (Wildman–Crippen MR) is 105 cm³/mol. The number of benzene rings is 2. The lowest BCUT2D eigenvalue weighted by molar-refractivity contribution is -0.141. The Morgan fingerprint density at radius 3 is 2.31 bits per heavy atom. The number of rotatable bonds is 6. The minimum atomic E-state index is -0.346. The smallest absolute Gasteiger partial charge is 0.264 e. The summed E-state index contributed by atoms with van der Waals surface area (Å²) in [5.74, 6) is 0.0360. The molecule has 0 bridgehead atoms. The largest absolute Gasteiger partial charge is 0.384 e. The number of carbonyl (C=O) groups excluding carboxylic acids is 1. The van der Waals surface area contributed by atoms with Crippen molar-refractivity contribution in [2.75, 3.05) is 6.61 Å². The molecule has 0 radical (unpaired) electrons. The summed E-state index contributed by atoms with van der Waals surface area (Å²) >= 11 is 5.84. The van der Waals surface area contributed by atoms with Crippen LogP contribution in [0.25, 0.3) is 0 Å². The molecule has 2 rings (SSSR count). The van der Waals surface area contributed by atoms with E-state index in [2.05, 4.69) is 5.16 Å². The van der Waals surface area contributed by atoms with Crippen molar-refractivity contribution < 1.29 is 9.63 Å². The van der Waals surface area contributed by atoms with Gasteiger partial charge in [0, 0.05) is 22.7 Å². The van der Waals surface area contributed by atoms with Crippen LogP contribution in [0.1, 0.15) is 31.9 Å². The second-order valence-electron chi connectivity index (χ2n) is 6.89. The standard InChI is InChI=1S/C20H24ClN3O2/c1-20(2,3)24(13-15-7-5-4-6-8-15)18(25)14-26-23-19(22)16-9-11-17(21)12-10-16/h4-12H,13-14H2,1-3H3,(H2,22,23). The number of nitrogens with zero attached hydrogens (tertiary/aromatic N) is 2. The quantitative estimate of drug-likeness (QED) is 0.475. The molecule has 0 atom stereocenters. The molecule has 2 N–H and O–H groups in total. The van der Waals surface area contributed by atoms with Crippen LogP contribution in [0.3, 0.4) is 0 Å². The molecule has 0 aliphatic heterocycles. The maximum Gasteiger partial charge on any atom is 0.264 e. The third kappa shape index (κ3) is 5.77. The molecule has 0 heterocycles. The summed E-state index contributed by atoms with van der Waals surface area (Å²) in [5.41, 5.74) is 7.26. The molecule has 0 spiro atoms. The van der Waals surface area contributed by atoms with Crippen molar-refractivity contribution in [3.63, 3.8) is 0 Å². The summed E-state index contributed by atoms with van der Waals surface area (Å²) in [6.07, 6.45) is 0. The Hall–Kier alpha value is -2.53. The van der Waals surface area contributed by atoms with Crippen molar-refractivity contribution in [1.82, 2.24) is 4.90 Å². The highest BCUT2D eigenvalue weighted by atomic mass is 35.5. The van der Waals surface area contributed by atoms with Gasteiger partial charge in [0.1, 0.15) is 0 Å². The molecule has 138 valence electrons. The molecule has 26 heavy (non-hydrogen) atoms. The van der Waals surface area contributed by atoms with E-state index in [-0.39, 0.29) is 23.9 Å². The van der Waals surface area contributed by atoms with Crippen molar-refractivity contribution >= 4 is 23.3 Å². The second-order valence-corrected chi connectivity index (χ2v) is 7.33. The molecule has 0 saturated heterocycles. The Labute approximate surface area is 159 Å². The second kappa shape index (κ2) is 8.72. The molecule has 2 aromatic rings. The van der Waals surface area contributed by atoms with E-state index < -0.39 is 0 Å². The summed E-state index contributed by atoms with van der Waals surface area (Å²) in [7, 11) is 0. The fourth-order valence-electron chi connectivity index (χ4n) is 2.37. The van der Waals surface area contributed by atoms with Gasteiger partial charge in [-0.3, -0.25) is 4.79 Å². The minimum Gasteiger partial charge on any atom is -0.384 e. The molecule has 0 aromatic heterocycles. The van der Waals surface area contributed by atoms with E-state index in [1.165, 1.54) is 0 Å². The Bertz CT molecular complexity index is 753. The number of amides is 1. The number of nitrogens with two attached hydrogens (primary N) is 1. The third-order valence-corrected chi connectivity index (χ3v) is 4.04. The molecule has 0 aliphatic rings. The van der Waals surface area contributed by atoms with Crippen LogP contribution in [0.2, 0.25) is 5.02 Å². The molecule has 6 heteroatoms. The van der Waals surface area contributed by atoms with E-state index in [1.54, 1.807) is 29.2 Å². The van der Waals surface area contributed by atoms with Gasteiger partial charge in [-0.05, 0) is 50.6 Å². The van der Waals surface area contributed by atoms with Gasteiger partial charge < -0.3 is 15.5 Å². The molecule has 5 nitrogen and oxygen atoms in total. The van der Waals surface area contributed by atoms with Crippen molar-refractivity contribution in [1.29, 1.82) is 0 Å². The van der Waals surface area contributed by atoms with Gasteiger partial charge in [-0.25, -0.2) is 0 Å². The average Bonchev–Trinajstić information content (AvgIpc) is 2.60. The van der Waals surface area contributed by atoms with E-state index in [1.807, 2.05) is 51.1 Å². The molecule has 1 amide bonds. The maximum atomic E-state index is 12.6. The van der Waals surface area contributed by atoms with E-state index in [4.69, 9.17) is 22.2 Å². The average molecular weight is 374 g/mol. The maximum absolute atomic E-state index is 12.6. The zero-order valence-corrected chi connectivity index (χ0v) is 16.0. The van der Waals surface area contributed by atoms with Gasteiger partial charge in [0.25, 0.3) is 5.91 Å². The van der Waals surface area contributed by atoms with Gasteiger partial charge in [-0.2, -0.15) is 0 Å². The van der Waals surface area contributed by atoms with Gasteiger partial charge in [-0.1, -0.05) is 47.1 Å². The van der Waals surface area contributed by atoms with Crippen LogP contribution in [0.15, 0.2) is 59.8 Å². The summed E-state index contributed by atoms with van der Waals surface area (Å²) in [5, 5.41) is 4.45. The normalized spacial score (nSPS) is 11.9. The first-order valence-corrected chi connectivity index (χ1v) is 8.71. The van der Waals surface area contributed by atoms with Gasteiger partial charge >= 0.3 is 0 Å². The van der Waals surface area contributed by atoms with E-state index in [0.717, 1.165) is 5.56 Å². The first-order valence-electron chi connectivity index (χ1n) is 8.33. The van der Waals surface area contributed by atoms with Crippen molar-refractivity contribution in [2.24, 2.45) is 10.9 Å². The molecule has 0 saturated carbocycles. The number of hydrogen-bond acceptors (Lipinski definition) is 3. The SMILES string of the molecule is CC(C)(C)N(Cc1ccccc1)C(=O)CO/N=C(\N)c1ccc(Cl)cc1. The number of amidine groups is 1. The molecule has 0 unspecified atom stereocenters. The Kier molecular flexibility index (Phi) is 6.64. The summed E-state index contributed by atoms with van der Waals surface area (Å²) < 4.78 is 0. The van der Waals surface area contributed by atoms with Gasteiger partial charge in [0.2, 0.25) is 0 Å². The number of oxime groups is 1. The van der Waals surface area contributed by atoms with Crippen LogP contribution >= 0.6 is 11.6 Å². The van der Waals surface area contributed by atoms with Gasteiger partial charge in [0.15, 0.2) is 12.4 Å². The third-order valence-electron chi connectivity index (χ3n) is 3.79. The lowest BCUT2D eigenvalue weighted by atomic mass is 10.0. The zero-order valence-electron chi connectivity index (χ0n) is 15.3. The van der Waals surface area contributed by atoms with E-state index in [0.29, 0.717) is 17.1 Å². The number of halogens is 1. The van der Waals surface area contributed by atoms with Gasteiger partial charge in [-0.15, -0.1) is 0 Å². The summed E-state index contributed by atoms with van der Waals surface area (Å²) in [6.45, 7) is 6.28. The van der Waals surface area contributed by atoms with Crippen LogP contribution in [-0.4, -0.2) is 28.8 Å². The number of carbonyl (C=O) groups is 1. The van der Waals surface area contributed by atoms with Crippen molar-refractivity contribution in [3.8, 4) is 0 Å². The highest BCUT2D eigenvalue weighted by Crippen LogP contribution is 2.18. The van der Waals surface area contributed by atoms with Crippen molar-refractivity contribution in [2.45, 2.75) is 32.9 Å². The molecule has 0 fully saturated rings. The van der Waals surface area contributed by atoms with Crippen LogP contribution < -0.4 is 5.73 Å². The zero-order chi connectivity index (χ0) is 19.2. The lowest BCUT2D eigenvalue weighted by Gasteiger charge is -2.35. The molecular formula is C20H24ClN3O2. The Morgan fingerprint density at radius 1 is 1.12 bits per heavy atom. The molecule has 0 aliphatic carbocycles. The number of hydrogen-bond donors (Lipinski definition) is 1. The van der Waals surface area contributed by atoms with Crippen molar-refractivity contribution in [3.05, 3.63) is 70.7 Å². The highest BCUT2D eigenvalue weighted by Gasteiger charge is 2.26. The van der Waals surface area contributed by atoms with E-state index >= 15 is 0 Å². The minimum absolute atomic E-state index is 0.158. The monoisotopic (exact) mass is 373 g/mol. The molecule has 2 aromatic carbocycles. The van der Waals surface area contributed by atoms with Gasteiger partial charge in [0.05, 0.1) is 0 Å². The van der Waals surface area contributed by atoms with Crippen LogP contribution in [-0.2, 0) is 16.2 Å². The Morgan fingerprint density at radius 2 is 1.73 bits per heavy atom. The predicted octanol–water partition coefficient (Wildman–Crippen LogP) is 3.80. The first-order chi connectivity index (χ1) is 12.3. The van der Waals surface area contributed by atoms with E-state index in [9.17, 15) is 4.79 Å². The summed E-state index contributed by atoms with van der Waals surface area (Å²) in [4.78, 5) is 19.6.